The lowest BCUT2D eigenvalue weighted by Gasteiger charge is -2.33. The third-order valence-electron chi connectivity index (χ3n) is 3.09. The maximum atomic E-state index is 12.3. The summed E-state index contributed by atoms with van der Waals surface area (Å²) in [6.07, 6.45) is 1.95. The Balaban J connectivity index is 4.71. The molecular formula is C13H27NO2S. The lowest BCUT2D eigenvalue weighted by atomic mass is 10.1. The fraction of sp³-hybridized carbons (Fsp3) is 0.923. The molecule has 0 rings (SSSR count). The molecule has 0 fully saturated rings. The van der Waals surface area contributed by atoms with Gasteiger partial charge in [-0.1, -0.05) is 27.7 Å². The summed E-state index contributed by atoms with van der Waals surface area (Å²) in [5.74, 6) is 0.388. The molecule has 0 aliphatic carbocycles. The van der Waals surface area contributed by atoms with Crippen LogP contribution in [0, 0.1) is 5.92 Å². The Hall–Kier alpha value is -0.220. The standard InChI is InChI=1S/C13H27NO2S/c1-6-11(7-2)14(8-9-16-5)13(15)12(17)10(3)4/h10-12,17H,6-9H2,1-5H3. The number of carbonyl (C=O) groups excluding carboxylic acids is 1. The van der Waals surface area contributed by atoms with Gasteiger partial charge in [0.25, 0.3) is 0 Å². The zero-order chi connectivity index (χ0) is 13.4. The predicted octanol–water partition coefficient (Wildman–Crippen LogP) is 2.60. The molecule has 0 radical (unpaired) electrons. The number of carbonyl (C=O) groups is 1. The van der Waals surface area contributed by atoms with Crippen molar-refractivity contribution in [3.8, 4) is 0 Å². The highest BCUT2D eigenvalue weighted by molar-refractivity contribution is 7.81. The van der Waals surface area contributed by atoms with Crippen LogP contribution in [0.25, 0.3) is 0 Å². The molecule has 0 heterocycles. The van der Waals surface area contributed by atoms with Crippen molar-refractivity contribution >= 4 is 18.5 Å². The van der Waals surface area contributed by atoms with Gasteiger partial charge in [0.2, 0.25) is 5.91 Å². The first-order valence-electron chi connectivity index (χ1n) is 6.46. The average Bonchev–Trinajstić information content (AvgIpc) is 2.32. The Bertz CT molecular complexity index is 217. The number of thiol groups is 1. The van der Waals surface area contributed by atoms with Crippen LogP contribution in [0.5, 0.6) is 0 Å². The Morgan fingerprint density at radius 1 is 1.29 bits per heavy atom. The van der Waals surface area contributed by atoms with Gasteiger partial charge in [-0.05, 0) is 18.8 Å². The van der Waals surface area contributed by atoms with Gasteiger partial charge in [-0.25, -0.2) is 0 Å². The normalized spacial score (nSPS) is 13.2. The SMILES string of the molecule is CCC(CC)N(CCOC)C(=O)C(S)C(C)C. The summed E-state index contributed by atoms with van der Waals surface area (Å²) in [6.45, 7) is 9.52. The number of rotatable bonds is 8. The van der Waals surface area contributed by atoms with Crippen molar-refractivity contribution < 1.29 is 9.53 Å². The maximum absolute atomic E-state index is 12.3. The Labute approximate surface area is 111 Å². The largest absolute Gasteiger partial charge is 0.383 e. The number of methoxy groups -OCH3 is 1. The molecule has 4 heteroatoms. The van der Waals surface area contributed by atoms with Gasteiger partial charge >= 0.3 is 0 Å². The summed E-state index contributed by atoms with van der Waals surface area (Å²) in [4.78, 5) is 14.3. The summed E-state index contributed by atoms with van der Waals surface area (Å²) in [5, 5.41) is -0.215. The second-order valence-corrected chi connectivity index (χ2v) is 5.24. The van der Waals surface area contributed by atoms with E-state index in [2.05, 4.69) is 26.5 Å². The minimum Gasteiger partial charge on any atom is -0.383 e. The molecule has 1 atom stereocenters. The van der Waals surface area contributed by atoms with E-state index >= 15 is 0 Å². The molecule has 1 amide bonds. The fourth-order valence-electron chi connectivity index (χ4n) is 1.85. The van der Waals surface area contributed by atoms with E-state index in [0.29, 0.717) is 19.2 Å². The minimum atomic E-state index is -0.215. The van der Waals surface area contributed by atoms with Gasteiger partial charge < -0.3 is 9.64 Å². The first-order valence-corrected chi connectivity index (χ1v) is 6.98. The van der Waals surface area contributed by atoms with E-state index in [1.165, 1.54) is 0 Å². The second-order valence-electron chi connectivity index (χ2n) is 4.68. The number of nitrogens with zero attached hydrogens (tertiary/aromatic N) is 1. The third kappa shape index (κ3) is 5.30. The molecule has 0 aromatic heterocycles. The molecule has 0 saturated carbocycles. The van der Waals surface area contributed by atoms with Gasteiger partial charge in [-0.15, -0.1) is 0 Å². The quantitative estimate of drug-likeness (QED) is 0.681. The fourth-order valence-corrected chi connectivity index (χ4v) is 2.00. The molecule has 0 aliphatic rings. The van der Waals surface area contributed by atoms with Crippen molar-refractivity contribution in [2.45, 2.75) is 51.8 Å². The Morgan fingerprint density at radius 2 is 1.82 bits per heavy atom. The molecule has 0 spiro atoms. The zero-order valence-corrected chi connectivity index (χ0v) is 12.7. The molecular weight excluding hydrogens is 234 g/mol. The highest BCUT2D eigenvalue weighted by atomic mass is 32.1. The van der Waals surface area contributed by atoms with Crippen LogP contribution in [0.15, 0.2) is 0 Å². The third-order valence-corrected chi connectivity index (χ3v) is 3.90. The van der Waals surface area contributed by atoms with Gasteiger partial charge in [0.15, 0.2) is 0 Å². The van der Waals surface area contributed by atoms with Gasteiger partial charge in [-0.3, -0.25) is 4.79 Å². The lowest BCUT2D eigenvalue weighted by molar-refractivity contribution is -0.134. The Morgan fingerprint density at radius 3 is 2.18 bits per heavy atom. The van der Waals surface area contributed by atoms with Crippen LogP contribution in [-0.2, 0) is 9.53 Å². The van der Waals surface area contributed by atoms with E-state index < -0.39 is 0 Å². The second kappa shape index (κ2) is 8.81. The molecule has 0 bridgehead atoms. The van der Waals surface area contributed by atoms with Crippen LogP contribution in [0.3, 0.4) is 0 Å². The summed E-state index contributed by atoms with van der Waals surface area (Å²) in [6, 6.07) is 0.297. The van der Waals surface area contributed by atoms with Crippen molar-refractivity contribution in [1.82, 2.24) is 4.90 Å². The van der Waals surface area contributed by atoms with Crippen LogP contribution in [0.2, 0.25) is 0 Å². The van der Waals surface area contributed by atoms with E-state index in [4.69, 9.17) is 4.74 Å². The van der Waals surface area contributed by atoms with Crippen LogP contribution in [0.1, 0.15) is 40.5 Å². The van der Waals surface area contributed by atoms with Crippen molar-refractivity contribution in [1.29, 1.82) is 0 Å². The summed E-state index contributed by atoms with van der Waals surface area (Å²) < 4.78 is 5.08. The summed E-state index contributed by atoms with van der Waals surface area (Å²) in [5.41, 5.74) is 0. The number of ether oxygens (including phenoxy) is 1. The van der Waals surface area contributed by atoms with Crippen LogP contribution >= 0.6 is 12.6 Å². The molecule has 0 aromatic carbocycles. The van der Waals surface area contributed by atoms with E-state index in [0.717, 1.165) is 12.8 Å². The molecule has 17 heavy (non-hydrogen) atoms. The zero-order valence-electron chi connectivity index (χ0n) is 11.8. The summed E-state index contributed by atoms with van der Waals surface area (Å²) >= 11 is 4.42. The van der Waals surface area contributed by atoms with Gasteiger partial charge in [-0.2, -0.15) is 12.6 Å². The predicted molar refractivity (Wildman–Crippen MR) is 75.6 cm³/mol. The average molecular weight is 261 g/mol. The minimum absolute atomic E-state index is 0.133. The monoisotopic (exact) mass is 261 g/mol. The van der Waals surface area contributed by atoms with Gasteiger partial charge in [0.05, 0.1) is 11.9 Å². The number of hydrogen-bond donors (Lipinski definition) is 1. The smallest absolute Gasteiger partial charge is 0.236 e. The van der Waals surface area contributed by atoms with E-state index in [-0.39, 0.29) is 17.1 Å². The van der Waals surface area contributed by atoms with E-state index in [9.17, 15) is 4.79 Å². The van der Waals surface area contributed by atoms with Crippen molar-refractivity contribution in [2.24, 2.45) is 5.92 Å². The first-order chi connectivity index (χ1) is 7.99. The van der Waals surface area contributed by atoms with E-state index in [1.54, 1.807) is 7.11 Å². The number of amides is 1. The molecule has 1 unspecified atom stereocenters. The van der Waals surface area contributed by atoms with Crippen LogP contribution in [-0.4, -0.2) is 42.4 Å². The maximum Gasteiger partial charge on any atom is 0.236 e. The van der Waals surface area contributed by atoms with Gasteiger partial charge in [0.1, 0.15) is 0 Å². The molecule has 0 saturated heterocycles. The summed E-state index contributed by atoms with van der Waals surface area (Å²) in [7, 11) is 1.66. The Kier molecular flexibility index (Phi) is 8.70. The van der Waals surface area contributed by atoms with Crippen molar-refractivity contribution in [3.63, 3.8) is 0 Å². The van der Waals surface area contributed by atoms with Gasteiger partial charge in [0, 0.05) is 19.7 Å². The van der Waals surface area contributed by atoms with E-state index in [1.807, 2.05) is 18.7 Å². The molecule has 0 aromatic rings. The topological polar surface area (TPSA) is 29.5 Å². The first kappa shape index (κ1) is 16.8. The molecule has 0 N–H and O–H groups in total. The molecule has 3 nitrogen and oxygen atoms in total. The van der Waals surface area contributed by atoms with Crippen LogP contribution < -0.4 is 0 Å². The highest BCUT2D eigenvalue weighted by Crippen LogP contribution is 2.17. The molecule has 0 aliphatic heterocycles. The lowest BCUT2D eigenvalue weighted by Crippen LogP contribution is -2.46. The highest BCUT2D eigenvalue weighted by Gasteiger charge is 2.27. The van der Waals surface area contributed by atoms with Crippen molar-refractivity contribution in [2.75, 3.05) is 20.3 Å². The van der Waals surface area contributed by atoms with Crippen molar-refractivity contribution in [3.05, 3.63) is 0 Å². The number of hydrogen-bond acceptors (Lipinski definition) is 3. The molecule has 102 valence electrons. The van der Waals surface area contributed by atoms with Crippen LogP contribution in [0.4, 0.5) is 0 Å².